The topological polar surface area (TPSA) is 30.7 Å². The molecule has 5 aromatic rings. The van der Waals surface area contributed by atoms with Crippen LogP contribution >= 0.6 is 0 Å². The van der Waals surface area contributed by atoms with Crippen molar-refractivity contribution < 1.29 is 0 Å². The van der Waals surface area contributed by atoms with Crippen LogP contribution in [0.4, 0.5) is 0 Å². The first-order valence-corrected chi connectivity index (χ1v) is 9.63. The second-order valence-electron chi connectivity index (χ2n) is 7.21. The highest BCUT2D eigenvalue weighted by atomic mass is 15.1. The molecule has 0 aliphatic rings. The van der Waals surface area contributed by atoms with Gasteiger partial charge in [0.05, 0.1) is 17.2 Å². The van der Waals surface area contributed by atoms with Gasteiger partial charge in [0, 0.05) is 18.3 Å². The maximum Gasteiger partial charge on any atom is 0.141 e. The van der Waals surface area contributed by atoms with Gasteiger partial charge in [-0.05, 0) is 35.7 Å². The molecule has 2 heterocycles. The molecule has 0 radical (unpaired) electrons. The Morgan fingerprint density at radius 2 is 1.68 bits per heavy atom. The number of fused-ring (bicyclic) bond motifs is 2. The summed E-state index contributed by atoms with van der Waals surface area (Å²) in [6.07, 6.45) is 4.67. The molecule has 0 aliphatic heterocycles. The largest absolute Gasteiger partial charge is 0.322 e. The molecule has 3 nitrogen and oxygen atoms in total. The van der Waals surface area contributed by atoms with Gasteiger partial charge >= 0.3 is 0 Å². The van der Waals surface area contributed by atoms with Gasteiger partial charge in [-0.2, -0.15) is 0 Å². The summed E-state index contributed by atoms with van der Waals surface area (Å²) < 4.78 is 2.30. The minimum Gasteiger partial charge on any atom is -0.322 e. The Morgan fingerprint density at radius 1 is 0.857 bits per heavy atom. The molecule has 0 saturated carbocycles. The number of nitrogens with zero attached hydrogens (tertiary/aromatic N) is 3. The molecule has 0 bridgehead atoms. The quantitative estimate of drug-likeness (QED) is 0.404. The summed E-state index contributed by atoms with van der Waals surface area (Å²) in [5, 5.41) is 2.61. The lowest BCUT2D eigenvalue weighted by molar-refractivity contribution is 0.725. The highest BCUT2D eigenvalue weighted by Crippen LogP contribution is 2.26. The van der Waals surface area contributed by atoms with Gasteiger partial charge in [0.2, 0.25) is 0 Å². The van der Waals surface area contributed by atoms with E-state index in [4.69, 9.17) is 4.98 Å². The van der Waals surface area contributed by atoms with Gasteiger partial charge in [0.15, 0.2) is 0 Å². The molecule has 5 rings (SSSR count). The molecule has 0 saturated heterocycles. The molecule has 0 atom stereocenters. The van der Waals surface area contributed by atoms with E-state index in [0.717, 1.165) is 35.4 Å². The summed E-state index contributed by atoms with van der Waals surface area (Å²) in [4.78, 5) is 9.25. The van der Waals surface area contributed by atoms with E-state index in [-0.39, 0.29) is 0 Å². The SMILES string of the molecule is Cc1ccc(-c2nc3ccncc3n2CCc2cccc3ccccc23)cc1. The normalized spacial score (nSPS) is 11.3. The first-order chi connectivity index (χ1) is 13.8. The summed E-state index contributed by atoms with van der Waals surface area (Å²) >= 11 is 0. The molecule has 0 spiro atoms. The zero-order valence-electron chi connectivity index (χ0n) is 15.8. The van der Waals surface area contributed by atoms with E-state index < -0.39 is 0 Å². The molecule has 0 amide bonds. The van der Waals surface area contributed by atoms with Crippen LogP contribution in [0, 0.1) is 6.92 Å². The molecule has 28 heavy (non-hydrogen) atoms. The van der Waals surface area contributed by atoms with Crippen LogP contribution in [0.15, 0.2) is 85.2 Å². The number of pyridine rings is 1. The number of hydrogen-bond acceptors (Lipinski definition) is 2. The predicted molar refractivity (Wildman–Crippen MR) is 115 cm³/mol. The molecule has 3 aromatic carbocycles. The van der Waals surface area contributed by atoms with Gasteiger partial charge in [0.25, 0.3) is 0 Å². The molecule has 0 N–H and O–H groups in total. The van der Waals surface area contributed by atoms with Gasteiger partial charge in [0.1, 0.15) is 5.82 Å². The van der Waals surface area contributed by atoms with Crippen molar-refractivity contribution in [3.8, 4) is 11.4 Å². The zero-order valence-corrected chi connectivity index (χ0v) is 15.8. The zero-order chi connectivity index (χ0) is 18.9. The Kier molecular flexibility index (Phi) is 4.13. The van der Waals surface area contributed by atoms with Crippen molar-refractivity contribution in [2.45, 2.75) is 19.9 Å². The average molecular weight is 363 g/mol. The minimum absolute atomic E-state index is 0.861. The molecular formula is C25H21N3. The Bertz CT molecular complexity index is 1260. The molecular weight excluding hydrogens is 342 g/mol. The molecule has 0 aliphatic carbocycles. The van der Waals surface area contributed by atoms with Crippen LogP contribution in [0.5, 0.6) is 0 Å². The molecule has 2 aromatic heterocycles. The average Bonchev–Trinajstić information content (AvgIpc) is 3.11. The molecule has 0 unspecified atom stereocenters. The Hall–Kier alpha value is -3.46. The van der Waals surface area contributed by atoms with E-state index in [2.05, 4.69) is 83.2 Å². The lowest BCUT2D eigenvalue weighted by atomic mass is 10.0. The van der Waals surface area contributed by atoms with Gasteiger partial charge in [-0.25, -0.2) is 4.98 Å². The summed E-state index contributed by atoms with van der Waals surface area (Å²) in [6.45, 7) is 2.97. The number of imidazole rings is 1. The van der Waals surface area contributed by atoms with Crippen LogP contribution in [0.3, 0.4) is 0 Å². The summed E-state index contributed by atoms with van der Waals surface area (Å²) in [6, 6.07) is 25.7. The summed E-state index contributed by atoms with van der Waals surface area (Å²) in [7, 11) is 0. The van der Waals surface area contributed by atoms with Crippen molar-refractivity contribution in [1.29, 1.82) is 0 Å². The van der Waals surface area contributed by atoms with E-state index in [1.807, 2.05) is 18.5 Å². The fourth-order valence-electron chi connectivity index (χ4n) is 3.86. The van der Waals surface area contributed by atoms with Crippen molar-refractivity contribution in [3.63, 3.8) is 0 Å². The third-order valence-corrected chi connectivity index (χ3v) is 5.34. The van der Waals surface area contributed by atoms with E-state index in [1.54, 1.807) is 0 Å². The fourth-order valence-corrected chi connectivity index (χ4v) is 3.86. The first-order valence-electron chi connectivity index (χ1n) is 9.63. The third-order valence-electron chi connectivity index (χ3n) is 5.34. The number of aryl methyl sites for hydroxylation is 3. The van der Waals surface area contributed by atoms with Gasteiger partial charge in [-0.3, -0.25) is 4.98 Å². The van der Waals surface area contributed by atoms with Crippen LogP contribution in [0.1, 0.15) is 11.1 Å². The van der Waals surface area contributed by atoms with Crippen LogP contribution < -0.4 is 0 Å². The Labute approximate surface area is 164 Å². The molecule has 3 heteroatoms. The van der Waals surface area contributed by atoms with Crippen LogP contribution in [-0.4, -0.2) is 14.5 Å². The number of aromatic nitrogens is 3. The highest BCUT2D eigenvalue weighted by molar-refractivity contribution is 5.85. The monoisotopic (exact) mass is 363 g/mol. The van der Waals surface area contributed by atoms with Gasteiger partial charge in [-0.15, -0.1) is 0 Å². The van der Waals surface area contributed by atoms with Gasteiger partial charge < -0.3 is 4.57 Å². The maximum absolute atomic E-state index is 4.91. The first kappa shape index (κ1) is 16.7. The van der Waals surface area contributed by atoms with E-state index in [9.17, 15) is 0 Å². The second kappa shape index (κ2) is 6.93. The number of benzene rings is 3. The second-order valence-corrected chi connectivity index (χ2v) is 7.21. The Balaban J connectivity index is 1.58. The van der Waals surface area contributed by atoms with Crippen LogP contribution in [0.25, 0.3) is 33.2 Å². The van der Waals surface area contributed by atoms with Gasteiger partial charge in [-0.1, -0.05) is 72.3 Å². The fraction of sp³-hybridized carbons (Fsp3) is 0.120. The molecule has 136 valence electrons. The number of hydrogen-bond donors (Lipinski definition) is 0. The van der Waals surface area contributed by atoms with Crippen LogP contribution in [-0.2, 0) is 13.0 Å². The smallest absolute Gasteiger partial charge is 0.141 e. The van der Waals surface area contributed by atoms with Crippen LogP contribution in [0.2, 0.25) is 0 Å². The van der Waals surface area contributed by atoms with Crippen molar-refractivity contribution in [3.05, 3.63) is 96.3 Å². The third kappa shape index (κ3) is 2.95. The van der Waals surface area contributed by atoms with E-state index in [0.29, 0.717) is 0 Å². The van der Waals surface area contributed by atoms with E-state index in [1.165, 1.54) is 21.9 Å². The highest BCUT2D eigenvalue weighted by Gasteiger charge is 2.13. The van der Waals surface area contributed by atoms with Crippen molar-refractivity contribution in [1.82, 2.24) is 14.5 Å². The lowest BCUT2D eigenvalue weighted by Gasteiger charge is -2.11. The predicted octanol–water partition coefficient (Wildman–Crippen LogP) is 5.80. The summed E-state index contributed by atoms with van der Waals surface area (Å²) in [5.74, 6) is 1.00. The Morgan fingerprint density at radius 3 is 2.57 bits per heavy atom. The van der Waals surface area contributed by atoms with E-state index >= 15 is 0 Å². The number of rotatable bonds is 4. The maximum atomic E-state index is 4.91. The summed E-state index contributed by atoms with van der Waals surface area (Å²) in [5.41, 5.74) is 5.82. The molecule has 0 fully saturated rings. The minimum atomic E-state index is 0.861. The van der Waals surface area contributed by atoms with Crippen molar-refractivity contribution in [2.75, 3.05) is 0 Å². The van der Waals surface area contributed by atoms with Crippen molar-refractivity contribution in [2.24, 2.45) is 0 Å². The standard InChI is InChI=1S/C25H21N3/c1-18-9-11-21(12-10-18)25-27-23-13-15-26-17-24(23)28(25)16-14-20-7-4-6-19-5-2-3-8-22(19)20/h2-13,15,17H,14,16H2,1H3. The van der Waals surface area contributed by atoms with Crippen molar-refractivity contribution >= 4 is 21.8 Å². The lowest BCUT2D eigenvalue weighted by Crippen LogP contribution is -2.04.